The van der Waals surface area contributed by atoms with Crippen LogP contribution in [0.2, 0.25) is 0 Å². The van der Waals surface area contributed by atoms with Gasteiger partial charge >= 0.3 is 19.9 Å². The number of alkyl halides is 9. The van der Waals surface area contributed by atoms with Crippen molar-refractivity contribution in [1.82, 2.24) is 0 Å². The summed E-state index contributed by atoms with van der Waals surface area (Å²) in [5.74, 6) is 0. The minimum Gasteiger partial charge on any atom is -0.216 e. The first-order chi connectivity index (χ1) is 12.9. The van der Waals surface area contributed by atoms with Crippen molar-refractivity contribution in [3.8, 4) is 0 Å². The highest BCUT2D eigenvalue weighted by molar-refractivity contribution is 8.25. The number of rotatable bonds is 4. The maximum Gasteiger partial charge on any atom is 0.500 e. The lowest BCUT2D eigenvalue weighted by atomic mass is 10.0. The minimum atomic E-state index is -8.29. The van der Waals surface area contributed by atoms with E-state index in [4.69, 9.17) is 0 Å². The summed E-state index contributed by atoms with van der Waals surface area (Å²) in [6.07, 6.45) is 0. The molecular formula is C12H9F9O6S3. The first kappa shape index (κ1) is 26.5. The van der Waals surface area contributed by atoms with E-state index >= 15 is 0 Å². The topological polar surface area (TPSA) is 102 Å². The van der Waals surface area contributed by atoms with Gasteiger partial charge in [-0.1, -0.05) is 18.2 Å². The lowest BCUT2D eigenvalue weighted by Gasteiger charge is -2.35. The molecule has 0 aliphatic rings. The molecule has 0 saturated heterocycles. The fraction of sp³-hybridized carbons (Fsp3) is 0.500. The van der Waals surface area contributed by atoms with Crippen LogP contribution in [0.15, 0.2) is 18.2 Å². The highest BCUT2D eigenvalue weighted by Crippen LogP contribution is 2.57. The second-order valence-electron chi connectivity index (χ2n) is 5.65. The third-order valence-corrected chi connectivity index (χ3v) is 12.5. The van der Waals surface area contributed by atoms with Gasteiger partial charge in [-0.3, -0.25) is 0 Å². The van der Waals surface area contributed by atoms with Crippen LogP contribution in [-0.2, 0) is 32.9 Å². The Morgan fingerprint density at radius 3 is 1.17 bits per heavy atom. The van der Waals surface area contributed by atoms with Gasteiger partial charge in [-0.05, 0) is 25.0 Å². The Balaban J connectivity index is 4.79. The van der Waals surface area contributed by atoms with Gasteiger partial charge in [0.2, 0.25) is 0 Å². The molecule has 0 N–H and O–H groups in total. The van der Waals surface area contributed by atoms with E-state index in [2.05, 4.69) is 0 Å². The number of sulfone groups is 3. The van der Waals surface area contributed by atoms with Crippen LogP contribution < -0.4 is 0 Å². The molecular weight excluding hydrogens is 507 g/mol. The number of benzene rings is 1. The van der Waals surface area contributed by atoms with Crippen molar-refractivity contribution < 1.29 is 64.8 Å². The first-order valence-electron chi connectivity index (χ1n) is 6.92. The van der Waals surface area contributed by atoms with E-state index in [0.717, 1.165) is 13.0 Å². The molecule has 6 nitrogen and oxygen atoms in total. The molecule has 1 aromatic rings. The summed E-state index contributed by atoms with van der Waals surface area (Å²) in [5.41, 5.74) is -25.6. The van der Waals surface area contributed by atoms with Crippen LogP contribution >= 0.6 is 0 Å². The van der Waals surface area contributed by atoms with Gasteiger partial charge < -0.3 is 0 Å². The van der Waals surface area contributed by atoms with E-state index in [1.54, 1.807) is 0 Å². The van der Waals surface area contributed by atoms with Crippen LogP contribution in [0.3, 0.4) is 0 Å². The molecule has 0 bridgehead atoms. The van der Waals surface area contributed by atoms with Gasteiger partial charge in [-0.25, -0.2) is 25.3 Å². The normalized spacial score (nSPS) is 15.3. The quantitative estimate of drug-likeness (QED) is 0.570. The zero-order valence-corrected chi connectivity index (χ0v) is 16.8. The summed E-state index contributed by atoms with van der Waals surface area (Å²) >= 11 is 0. The summed E-state index contributed by atoms with van der Waals surface area (Å²) in [6, 6.07) is 1.07. The molecule has 0 aliphatic carbocycles. The van der Waals surface area contributed by atoms with E-state index in [1.807, 2.05) is 0 Å². The van der Waals surface area contributed by atoms with Crippen LogP contribution in [0, 0.1) is 13.8 Å². The molecule has 0 spiro atoms. The molecule has 0 aromatic heterocycles. The predicted octanol–water partition coefficient (Wildman–Crippen LogP) is 3.22. The van der Waals surface area contributed by atoms with Crippen LogP contribution in [0.25, 0.3) is 0 Å². The molecule has 174 valence electrons. The van der Waals surface area contributed by atoms with Crippen LogP contribution in [-0.4, -0.2) is 41.8 Å². The zero-order chi connectivity index (χ0) is 24.4. The van der Waals surface area contributed by atoms with Crippen LogP contribution in [0.5, 0.6) is 0 Å². The maximum atomic E-state index is 13.2. The van der Waals surface area contributed by atoms with Crippen molar-refractivity contribution in [3.05, 3.63) is 34.9 Å². The van der Waals surface area contributed by atoms with Crippen LogP contribution in [0.4, 0.5) is 39.5 Å². The highest BCUT2D eigenvalue weighted by Gasteiger charge is 2.84. The summed E-state index contributed by atoms with van der Waals surface area (Å²) < 4.78 is 185. The third kappa shape index (κ3) is 3.26. The summed E-state index contributed by atoms with van der Waals surface area (Å²) in [7, 11) is -24.9. The lowest BCUT2D eigenvalue weighted by molar-refractivity contribution is -0.0516. The Kier molecular flexibility index (Phi) is 6.16. The van der Waals surface area contributed by atoms with Gasteiger partial charge in [-0.15, -0.1) is 0 Å². The second-order valence-corrected chi connectivity index (χ2v) is 12.7. The van der Waals surface area contributed by atoms with E-state index in [-0.39, 0.29) is 6.07 Å². The Labute approximate surface area is 163 Å². The molecule has 0 atom stereocenters. The van der Waals surface area contributed by atoms with Crippen molar-refractivity contribution in [3.63, 3.8) is 0 Å². The molecule has 0 heterocycles. The first-order valence-corrected chi connectivity index (χ1v) is 11.4. The van der Waals surface area contributed by atoms with Gasteiger partial charge in [0.05, 0.1) is 0 Å². The van der Waals surface area contributed by atoms with Gasteiger partial charge in [0.15, 0.2) is 0 Å². The molecule has 18 heteroatoms. The molecule has 0 aliphatic heterocycles. The summed E-state index contributed by atoms with van der Waals surface area (Å²) in [4.78, 5) is 0. The second kappa shape index (κ2) is 6.98. The largest absolute Gasteiger partial charge is 0.500 e. The average Bonchev–Trinajstić information content (AvgIpc) is 2.47. The number of halogens is 9. The van der Waals surface area contributed by atoms with Crippen LogP contribution in [0.1, 0.15) is 16.7 Å². The molecule has 0 amide bonds. The van der Waals surface area contributed by atoms with E-state index in [9.17, 15) is 64.8 Å². The Morgan fingerprint density at radius 2 is 0.900 bits per heavy atom. The Morgan fingerprint density at radius 1 is 0.600 bits per heavy atom. The highest BCUT2D eigenvalue weighted by atomic mass is 32.3. The molecule has 0 unspecified atom stereocenters. The fourth-order valence-corrected chi connectivity index (χ4v) is 10.0. The molecule has 0 fully saturated rings. The average molecular weight is 516 g/mol. The number of aryl methyl sites for hydroxylation is 1. The molecule has 1 aromatic carbocycles. The molecule has 1 rings (SSSR count). The Bertz CT molecular complexity index is 1050. The summed E-state index contributed by atoms with van der Waals surface area (Å²) in [6.45, 7) is 1.31. The maximum absolute atomic E-state index is 13.2. The van der Waals surface area contributed by atoms with Gasteiger partial charge in [-0.2, -0.15) is 39.5 Å². The SMILES string of the molecule is Cc1cccc(C(S(=O)(=O)C(F)(F)F)(S(=O)(=O)C(F)(F)F)S(=O)(=O)C(F)(F)F)c1C. The van der Waals surface area contributed by atoms with Gasteiger partial charge in [0.25, 0.3) is 29.5 Å². The van der Waals surface area contributed by atoms with Gasteiger partial charge in [0, 0.05) is 5.56 Å². The number of hydrogen-bond acceptors (Lipinski definition) is 6. The van der Waals surface area contributed by atoms with Crippen molar-refractivity contribution >= 4 is 29.5 Å². The lowest BCUT2D eigenvalue weighted by Crippen LogP contribution is -2.61. The Hall–Kier alpha value is -1.56. The van der Waals surface area contributed by atoms with Crippen molar-refractivity contribution in [2.24, 2.45) is 0 Å². The third-order valence-electron chi connectivity index (χ3n) is 3.91. The minimum absolute atomic E-state index is 0.182. The number of hydrogen-bond donors (Lipinski definition) is 0. The van der Waals surface area contributed by atoms with E-state index < -0.39 is 66.1 Å². The van der Waals surface area contributed by atoms with Gasteiger partial charge in [0.1, 0.15) is 0 Å². The van der Waals surface area contributed by atoms with Crippen molar-refractivity contribution in [2.75, 3.05) is 0 Å². The standard InChI is InChI=1S/C12H9F9O6S3/c1-6-4-3-5-8(7(6)2)9(28(22,23)10(13,14)15,29(24,25)11(16,17)18)30(26,27)12(19,20)21/h3-5H,1-2H3. The fourth-order valence-electron chi connectivity index (χ4n) is 2.41. The smallest absolute Gasteiger partial charge is 0.216 e. The molecule has 30 heavy (non-hydrogen) atoms. The summed E-state index contributed by atoms with van der Waals surface area (Å²) in [5, 5.41) is 0. The molecule has 0 saturated carbocycles. The zero-order valence-electron chi connectivity index (χ0n) is 14.3. The van der Waals surface area contributed by atoms with Crippen molar-refractivity contribution in [1.29, 1.82) is 0 Å². The van der Waals surface area contributed by atoms with E-state index in [0.29, 0.717) is 13.0 Å². The molecule has 0 radical (unpaired) electrons. The van der Waals surface area contributed by atoms with E-state index in [1.165, 1.54) is 0 Å². The predicted molar refractivity (Wildman–Crippen MR) is 82.5 cm³/mol. The van der Waals surface area contributed by atoms with Crippen molar-refractivity contribution in [2.45, 2.75) is 33.8 Å². The monoisotopic (exact) mass is 516 g/mol.